The molecule has 0 aromatic heterocycles. The molecule has 6 unspecified atom stereocenters. The molecule has 4 rings (SSSR count). The smallest absolute Gasteiger partial charge is 0.455 e. The highest BCUT2D eigenvalue weighted by Crippen LogP contribution is 2.51. The summed E-state index contributed by atoms with van der Waals surface area (Å²) in [6.45, 7) is 1.67. The predicted molar refractivity (Wildman–Crippen MR) is 101 cm³/mol. The molecule has 1 spiro atoms. The topological polar surface area (TPSA) is 239 Å². The molecule has 0 saturated carbocycles. The molecule has 0 radical (unpaired) electrons. The van der Waals surface area contributed by atoms with E-state index in [-0.39, 0.29) is 6.42 Å². The minimum atomic E-state index is -4.09. The van der Waals surface area contributed by atoms with Crippen molar-refractivity contribution in [3.8, 4) is 0 Å². The lowest BCUT2D eigenvalue weighted by molar-refractivity contribution is -0.512. The molecule has 4 saturated heterocycles. The first kappa shape index (κ1) is 25.7. The summed E-state index contributed by atoms with van der Waals surface area (Å²) in [5.41, 5.74) is -5.81. The van der Waals surface area contributed by atoms with Crippen LogP contribution in [0.15, 0.2) is 0 Å². The van der Waals surface area contributed by atoms with Gasteiger partial charge in [-0.15, -0.1) is 0 Å². The van der Waals surface area contributed by atoms with Crippen LogP contribution in [0.5, 0.6) is 0 Å². The zero-order chi connectivity index (χ0) is 26.7. The number of esters is 6. The first-order valence-corrected chi connectivity index (χ1v) is 10.8. The van der Waals surface area contributed by atoms with Crippen molar-refractivity contribution in [3.63, 3.8) is 0 Å². The number of aliphatic hydroxyl groups is 4. The molecule has 0 aromatic rings. The summed E-state index contributed by atoms with van der Waals surface area (Å²) < 4.78 is 29.6. The predicted octanol–water partition coefficient (Wildman–Crippen LogP) is -3.09. The Morgan fingerprint density at radius 2 is 1.17 bits per heavy atom. The second-order valence-electron chi connectivity index (χ2n) is 8.99. The van der Waals surface area contributed by atoms with E-state index >= 15 is 0 Å². The summed E-state index contributed by atoms with van der Waals surface area (Å²) in [5, 5.41) is 44.2. The maximum absolute atomic E-state index is 12.9. The molecular formula is C20H22O16. The van der Waals surface area contributed by atoms with Gasteiger partial charge in [0.05, 0.1) is 25.7 Å². The highest BCUT2D eigenvalue weighted by atomic mass is 16.9. The Morgan fingerprint density at radius 3 is 1.69 bits per heavy atom. The summed E-state index contributed by atoms with van der Waals surface area (Å²) in [7, 11) is 0. The summed E-state index contributed by atoms with van der Waals surface area (Å²) in [5.74, 6) is -21.7. The van der Waals surface area contributed by atoms with Crippen molar-refractivity contribution >= 4 is 35.8 Å². The van der Waals surface area contributed by atoms with E-state index in [1.165, 1.54) is 0 Å². The molecule has 36 heavy (non-hydrogen) atoms. The van der Waals surface area contributed by atoms with Gasteiger partial charge in [0.15, 0.2) is 17.3 Å². The van der Waals surface area contributed by atoms with E-state index in [9.17, 15) is 49.2 Å². The zero-order valence-corrected chi connectivity index (χ0v) is 18.7. The van der Waals surface area contributed by atoms with Crippen LogP contribution in [0.4, 0.5) is 0 Å². The lowest BCUT2D eigenvalue weighted by Crippen LogP contribution is -2.80. The number of hydrogen-bond donors (Lipinski definition) is 4. The van der Waals surface area contributed by atoms with Gasteiger partial charge in [0.2, 0.25) is 0 Å². The van der Waals surface area contributed by atoms with Gasteiger partial charge in [-0.05, 0) is 12.8 Å². The third-order valence-electron chi connectivity index (χ3n) is 6.17. The molecule has 16 heteroatoms. The van der Waals surface area contributed by atoms with Crippen molar-refractivity contribution in [2.45, 2.75) is 86.7 Å². The lowest BCUT2D eigenvalue weighted by Gasteiger charge is -2.52. The van der Waals surface area contributed by atoms with E-state index in [0.717, 1.165) is 0 Å². The third kappa shape index (κ3) is 3.68. The van der Waals surface area contributed by atoms with Crippen LogP contribution in [-0.4, -0.2) is 91.1 Å². The van der Waals surface area contributed by atoms with Gasteiger partial charge < -0.3 is 48.8 Å². The molecule has 4 bridgehead atoms. The van der Waals surface area contributed by atoms with Crippen LogP contribution in [0.3, 0.4) is 0 Å². The van der Waals surface area contributed by atoms with Crippen molar-refractivity contribution in [2.24, 2.45) is 0 Å². The normalized spacial score (nSPS) is 42.8. The van der Waals surface area contributed by atoms with Gasteiger partial charge in [-0.2, -0.15) is 0 Å². The molecule has 4 N–H and O–H groups in total. The van der Waals surface area contributed by atoms with Gasteiger partial charge in [0.1, 0.15) is 0 Å². The Bertz CT molecular complexity index is 1050. The van der Waals surface area contributed by atoms with Crippen LogP contribution in [-0.2, 0) is 57.2 Å². The second-order valence-corrected chi connectivity index (χ2v) is 8.99. The van der Waals surface area contributed by atoms with Crippen LogP contribution in [0.2, 0.25) is 0 Å². The van der Waals surface area contributed by atoms with Crippen molar-refractivity contribution in [1.82, 2.24) is 0 Å². The molecule has 4 aliphatic rings. The van der Waals surface area contributed by atoms with Gasteiger partial charge >= 0.3 is 53.4 Å². The quantitative estimate of drug-likeness (QED) is 0.214. The average molecular weight is 518 g/mol. The Hall–Kier alpha value is -3.34. The van der Waals surface area contributed by atoms with E-state index in [1.54, 1.807) is 6.92 Å². The molecule has 0 amide bonds. The third-order valence-corrected chi connectivity index (χ3v) is 6.17. The van der Waals surface area contributed by atoms with Gasteiger partial charge in [-0.1, -0.05) is 13.3 Å². The van der Waals surface area contributed by atoms with Crippen molar-refractivity contribution in [2.75, 3.05) is 0 Å². The minimum Gasteiger partial charge on any atom is -0.455 e. The largest absolute Gasteiger partial charge is 0.464 e. The fourth-order valence-electron chi connectivity index (χ4n) is 4.36. The van der Waals surface area contributed by atoms with Crippen LogP contribution in [0.1, 0.15) is 51.9 Å². The number of unbranched alkanes of at least 4 members (excludes halogenated alkanes) is 1. The maximum Gasteiger partial charge on any atom is 0.464 e. The summed E-state index contributed by atoms with van der Waals surface area (Å²) in [6, 6.07) is 0. The summed E-state index contributed by atoms with van der Waals surface area (Å²) in [4.78, 5) is 76.2. The van der Waals surface area contributed by atoms with E-state index in [0.29, 0.717) is 6.42 Å². The molecule has 4 aliphatic heterocycles. The highest BCUT2D eigenvalue weighted by molar-refractivity contribution is 5.94. The lowest BCUT2D eigenvalue weighted by atomic mass is 9.87. The van der Waals surface area contributed by atoms with E-state index in [4.69, 9.17) is 28.4 Å². The number of hydrogen-bond acceptors (Lipinski definition) is 16. The van der Waals surface area contributed by atoms with Gasteiger partial charge in [-0.3, -0.25) is 19.2 Å². The molecular weight excluding hydrogens is 496 g/mol. The van der Waals surface area contributed by atoms with E-state index in [2.05, 4.69) is 0 Å². The number of ether oxygens (including phenoxy) is 6. The van der Waals surface area contributed by atoms with E-state index < -0.39 is 103 Å². The van der Waals surface area contributed by atoms with Crippen LogP contribution in [0, 0.1) is 0 Å². The molecule has 16 nitrogen and oxygen atoms in total. The molecule has 4 heterocycles. The number of fused-ring (bicyclic) bond motifs is 8. The molecule has 4 fully saturated rings. The van der Waals surface area contributed by atoms with Gasteiger partial charge in [0.25, 0.3) is 0 Å². The standard InChI is InChI=1S/C20H22O16/c1-2-3-4-9-18(29)19(32-11(22)6-16(27,14(25)35-18)5-10(21)31-9)20(30)34-13(24)8-17(28,15(26)36-20)7-12(23)33-19/h9,27-30H,2-8H2,1H3. The SMILES string of the molecule is CCCCC1OC(=O)CC2(O)CC(=O)OC3(OC(=O)CC4(O)CC(=O)OC3(O)OC4=O)C1(O)OC2=O. The molecule has 0 aromatic carbocycles. The fraction of sp³-hybridized carbons (Fsp3) is 0.700. The van der Waals surface area contributed by atoms with Crippen molar-refractivity contribution < 1.29 is 77.6 Å². The Kier molecular flexibility index (Phi) is 5.78. The Labute approximate surface area is 200 Å². The van der Waals surface area contributed by atoms with Crippen molar-refractivity contribution in [3.05, 3.63) is 0 Å². The first-order chi connectivity index (χ1) is 16.6. The van der Waals surface area contributed by atoms with Gasteiger partial charge in [-0.25, -0.2) is 9.59 Å². The number of cyclic esters (lactones) is 1. The Balaban J connectivity index is 2.02. The number of rotatable bonds is 3. The maximum atomic E-state index is 12.9. The molecule has 0 aliphatic carbocycles. The van der Waals surface area contributed by atoms with Crippen LogP contribution >= 0.6 is 0 Å². The van der Waals surface area contributed by atoms with Crippen LogP contribution < -0.4 is 0 Å². The molecule has 198 valence electrons. The van der Waals surface area contributed by atoms with Crippen molar-refractivity contribution in [1.29, 1.82) is 0 Å². The fourth-order valence-corrected chi connectivity index (χ4v) is 4.36. The number of carbonyl (C=O) groups excluding carboxylic acids is 6. The minimum absolute atomic E-state index is 0.123. The highest BCUT2D eigenvalue weighted by Gasteiger charge is 2.84. The summed E-state index contributed by atoms with van der Waals surface area (Å²) >= 11 is 0. The van der Waals surface area contributed by atoms with Gasteiger partial charge in [0, 0.05) is 0 Å². The number of carbonyl (C=O) groups is 6. The van der Waals surface area contributed by atoms with E-state index in [1.807, 2.05) is 0 Å². The zero-order valence-electron chi connectivity index (χ0n) is 18.7. The molecule has 6 atom stereocenters. The Morgan fingerprint density at radius 1 is 0.694 bits per heavy atom. The van der Waals surface area contributed by atoms with Crippen LogP contribution in [0.25, 0.3) is 0 Å². The summed E-state index contributed by atoms with van der Waals surface area (Å²) in [6.07, 6.45) is -7.04. The monoisotopic (exact) mass is 518 g/mol. The second kappa shape index (κ2) is 8.09. The first-order valence-electron chi connectivity index (χ1n) is 10.8. The average Bonchev–Trinajstić information content (AvgIpc) is 2.79.